The van der Waals surface area contributed by atoms with Crippen LogP contribution in [0, 0.1) is 0 Å². The van der Waals surface area contributed by atoms with Crippen LogP contribution in [-0.2, 0) is 10.0 Å². The Kier molecular flexibility index (Phi) is 8.07. The zero-order valence-corrected chi connectivity index (χ0v) is 15.2. The first-order chi connectivity index (χ1) is 11.7. The predicted octanol–water partition coefficient (Wildman–Crippen LogP) is 1.60. The van der Waals surface area contributed by atoms with E-state index >= 15 is 0 Å². The van der Waals surface area contributed by atoms with E-state index in [0.29, 0.717) is 6.54 Å². The highest BCUT2D eigenvalue weighted by Crippen LogP contribution is 2.14. The van der Waals surface area contributed by atoms with Gasteiger partial charge >= 0.3 is 6.18 Å². The smallest absolute Gasteiger partial charge is 0.343 e. The van der Waals surface area contributed by atoms with Gasteiger partial charge in [-0.2, -0.15) is 13.2 Å². The number of alkyl halides is 3. The third-order valence-corrected chi connectivity index (χ3v) is 4.94. The van der Waals surface area contributed by atoms with Crippen LogP contribution in [0.5, 0.6) is 0 Å². The number of carbonyl (C=O) groups excluding carboxylic acids is 1. The number of rotatable bonds is 6. The Balaban J connectivity index is 0.00000338. The molecular weight excluding hydrogens is 395 g/mol. The molecule has 3 N–H and O–H groups in total. The molecule has 0 saturated heterocycles. The molecule has 1 aliphatic rings. The van der Waals surface area contributed by atoms with Crippen LogP contribution < -0.4 is 15.4 Å². The summed E-state index contributed by atoms with van der Waals surface area (Å²) in [4.78, 5) is 11.5. The number of hydrogen-bond acceptors (Lipinski definition) is 4. The summed E-state index contributed by atoms with van der Waals surface area (Å²) in [6.07, 6.45) is -1.84. The van der Waals surface area contributed by atoms with E-state index in [1.807, 2.05) is 6.08 Å². The summed E-state index contributed by atoms with van der Waals surface area (Å²) in [5, 5.41) is 4.84. The standard InChI is InChI=1S/C15H18F3N3O3S.ClH/c16-15(17,18)10-20-14(22)12-1-3-13(4-2-12)25(23,24)21-9-11-5-7-19-8-6-11;/h1-5,19,21H,6-10H2,(H,20,22);1H. The monoisotopic (exact) mass is 413 g/mol. The maximum Gasteiger partial charge on any atom is 0.405 e. The van der Waals surface area contributed by atoms with E-state index in [2.05, 4.69) is 10.0 Å². The number of amides is 1. The molecule has 146 valence electrons. The van der Waals surface area contributed by atoms with Gasteiger partial charge in [0.15, 0.2) is 0 Å². The second kappa shape index (κ2) is 9.36. The Labute approximate surface area is 155 Å². The van der Waals surface area contributed by atoms with Crippen LogP contribution in [0.15, 0.2) is 40.8 Å². The summed E-state index contributed by atoms with van der Waals surface area (Å²) < 4.78 is 63.1. The van der Waals surface area contributed by atoms with E-state index in [0.717, 1.165) is 18.5 Å². The molecule has 0 radical (unpaired) electrons. The lowest BCUT2D eigenvalue weighted by Gasteiger charge is -2.15. The van der Waals surface area contributed by atoms with Crippen molar-refractivity contribution in [2.75, 3.05) is 26.2 Å². The van der Waals surface area contributed by atoms with Crippen molar-refractivity contribution in [1.29, 1.82) is 0 Å². The summed E-state index contributed by atoms with van der Waals surface area (Å²) in [7, 11) is -3.76. The minimum atomic E-state index is -4.51. The average Bonchev–Trinajstić information content (AvgIpc) is 2.58. The third kappa shape index (κ3) is 6.94. The zero-order valence-electron chi connectivity index (χ0n) is 13.6. The zero-order chi connectivity index (χ0) is 18.5. The third-order valence-electron chi connectivity index (χ3n) is 3.52. The first-order valence-electron chi connectivity index (χ1n) is 7.51. The molecule has 0 aliphatic carbocycles. The summed E-state index contributed by atoms with van der Waals surface area (Å²) in [5.74, 6) is -0.922. The Hall–Kier alpha value is -1.62. The quantitative estimate of drug-likeness (QED) is 0.618. The molecule has 0 bridgehead atoms. The van der Waals surface area contributed by atoms with Gasteiger partial charge in [0.05, 0.1) is 4.90 Å². The van der Waals surface area contributed by atoms with Gasteiger partial charge in [-0.25, -0.2) is 13.1 Å². The molecule has 1 amide bonds. The molecule has 0 spiro atoms. The molecule has 1 heterocycles. The number of sulfonamides is 1. The molecule has 0 atom stereocenters. The van der Waals surface area contributed by atoms with Crippen molar-refractivity contribution >= 4 is 28.3 Å². The summed E-state index contributed by atoms with van der Waals surface area (Å²) in [6.45, 7) is 0.226. The second-order valence-electron chi connectivity index (χ2n) is 5.46. The lowest BCUT2D eigenvalue weighted by atomic mass is 10.1. The van der Waals surface area contributed by atoms with Crippen LogP contribution in [0.1, 0.15) is 16.8 Å². The van der Waals surface area contributed by atoms with E-state index in [-0.39, 0.29) is 29.4 Å². The van der Waals surface area contributed by atoms with Crippen LogP contribution in [0.3, 0.4) is 0 Å². The molecular formula is C15H19ClF3N3O3S. The first-order valence-corrected chi connectivity index (χ1v) is 8.99. The van der Waals surface area contributed by atoms with Crippen molar-refractivity contribution in [3.63, 3.8) is 0 Å². The molecule has 1 aromatic rings. The van der Waals surface area contributed by atoms with E-state index in [4.69, 9.17) is 0 Å². The highest BCUT2D eigenvalue weighted by atomic mass is 35.5. The number of carbonyl (C=O) groups is 1. The van der Waals surface area contributed by atoms with Crippen molar-refractivity contribution < 1.29 is 26.4 Å². The van der Waals surface area contributed by atoms with Gasteiger partial charge in [-0.3, -0.25) is 4.79 Å². The highest BCUT2D eigenvalue weighted by Gasteiger charge is 2.28. The van der Waals surface area contributed by atoms with Crippen LogP contribution in [0.25, 0.3) is 0 Å². The van der Waals surface area contributed by atoms with E-state index in [1.165, 1.54) is 24.3 Å². The van der Waals surface area contributed by atoms with E-state index in [9.17, 15) is 26.4 Å². The van der Waals surface area contributed by atoms with Crippen LogP contribution in [0.4, 0.5) is 13.2 Å². The second-order valence-corrected chi connectivity index (χ2v) is 7.23. The van der Waals surface area contributed by atoms with E-state index in [1.54, 1.807) is 5.32 Å². The van der Waals surface area contributed by atoms with Crippen LogP contribution in [-0.4, -0.2) is 46.7 Å². The molecule has 0 aromatic heterocycles. The van der Waals surface area contributed by atoms with Crippen LogP contribution >= 0.6 is 12.4 Å². The fraction of sp³-hybridized carbons (Fsp3) is 0.400. The average molecular weight is 414 g/mol. The van der Waals surface area contributed by atoms with Gasteiger partial charge in [0.2, 0.25) is 10.0 Å². The molecule has 0 saturated carbocycles. The van der Waals surface area contributed by atoms with Crippen molar-refractivity contribution in [3.8, 4) is 0 Å². The highest BCUT2D eigenvalue weighted by molar-refractivity contribution is 7.89. The largest absolute Gasteiger partial charge is 0.405 e. The molecule has 1 aliphatic heterocycles. The van der Waals surface area contributed by atoms with Crippen molar-refractivity contribution in [2.24, 2.45) is 0 Å². The Bertz CT molecular complexity index is 750. The van der Waals surface area contributed by atoms with E-state index < -0.39 is 28.7 Å². The van der Waals surface area contributed by atoms with Gasteiger partial charge in [0.1, 0.15) is 6.54 Å². The molecule has 1 aromatic carbocycles. The SMILES string of the molecule is Cl.O=C(NCC(F)(F)F)c1ccc(S(=O)(=O)NCC2=CCNCC2)cc1. The van der Waals surface area contributed by atoms with Crippen LogP contribution in [0.2, 0.25) is 0 Å². The molecule has 26 heavy (non-hydrogen) atoms. The van der Waals surface area contributed by atoms with Crippen molar-refractivity contribution in [2.45, 2.75) is 17.5 Å². The fourth-order valence-corrected chi connectivity index (χ4v) is 3.21. The first kappa shape index (κ1) is 22.4. The summed E-state index contributed by atoms with van der Waals surface area (Å²) in [6, 6.07) is 4.71. The number of benzene rings is 1. The predicted molar refractivity (Wildman–Crippen MR) is 92.8 cm³/mol. The number of halogens is 4. The Morgan fingerprint density at radius 3 is 2.38 bits per heavy atom. The van der Waals surface area contributed by atoms with Gasteiger partial charge < -0.3 is 10.6 Å². The lowest BCUT2D eigenvalue weighted by Crippen LogP contribution is -2.33. The summed E-state index contributed by atoms with van der Waals surface area (Å²) >= 11 is 0. The molecule has 11 heteroatoms. The normalized spacial score (nSPS) is 15.0. The minimum Gasteiger partial charge on any atom is -0.343 e. The summed E-state index contributed by atoms with van der Waals surface area (Å²) in [5.41, 5.74) is 0.926. The molecule has 6 nitrogen and oxygen atoms in total. The number of hydrogen-bond donors (Lipinski definition) is 3. The maximum atomic E-state index is 12.2. The van der Waals surface area contributed by atoms with Gasteiger partial charge in [-0.1, -0.05) is 11.6 Å². The minimum absolute atomic E-state index is 0. The molecule has 2 rings (SSSR count). The van der Waals surface area contributed by atoms with Crippen molar-refractivity contribution in [3.05, 3.63) is 41.5 Å². The maximum absolute atomic E-state index is 12.2. The molecule has 0 unspecified atom stereocenters. The fourth-order valence-electron chi connectivity index (χ4n) is 2.17. The Morgan fingerprint density at radius 1 is 1.19 bits per heavy atom. The Morgan fingerprint density at radius 2 is 1.85 bits per heavy atom. The number of nitrogens with one attached hydrogen (secondary N) is 3. The van der Waals surface area contributed by atoms with Gasteiger partial charge in [0, 0.05) is 18.7 Å². The molecule has 0 fully saturated rings. The van der Waals surface area contributed by atoms with Gasteiger partial charge in [0.25, 0.3) is 5.91 Å². The van der Waals surface area contributed by atoms with Gasteiger partial charge in [-0.15, -0.1) is 12.4 Å². The lowest BCUT2D eigenvalue weighted by molar-refractivity contribution is -0.123. The van der Waals surface area contributed by atoms with Gasteiger partial charge in [-0.05, 0) is 37.2 Å². The topological polar surface area (TPSA) is 87.3 Å². The van der Waals surface area contributed by atoms with Crippen molar-refractivity contribution in [1.82, 2.24) is 15.4 Å².